The van der Waals surface area contributed by atoms with Crippen LogP contribution < -0.4 is 5.32 Å². The van der Waals surface area contributed by atoms with Crippen molar-refractivity contribution in [3.05, 3.63) is 71.4 Å². The number of fused-ring (bicyclic) bond motifs is 1. The van der Waals surface area contributed by atoms with Gasteiger partial charge in [0.05, 0.1) is 5.52 Å². The molecule has 5 heteroatoms. The third-order valence-electron chi connectivity index (χ3n) is 7.14. The molecule has 1 N–H and O–H groups in total. The maximum absolute atomic E-state index is 14.0. The molecule has 0 unspecified atom stereocenters. The zero-order valence-electron chi connectivity index (χ0n) is 20.6. The fourth-order valence-electron chi connectivity index (χ4n) is 5.15. The highest BCUT2D eigenvalue weighted by Crippen LogP contribution is 2.37. The van der Waals surface area contributed by atoms with Crippen molar-refractivity contribution in [2.45, 2.75) is 71.3 Å². The molecule has 0 spiro atoms. The second-order valence-electron chi connectivity index (χ2n) is 9.51. The molecule has 0 bridgehead atoms. The molecule has 0 aliphatic heterocycles. The Kier molecular flexibility index (Phi) is 7.30. The van der Waals surface area contributed by atoms with Gasteiger partial charge in [-0.1, -0.05) is 75.1 Å². The summed E-state index contributed by atoms with van der Waals surface area (Å²) in [6, 6.07) is 17.6. The molecule has 0 radical (unpaired) electrons. The number of unbranched alkanes of at least 4 members (excludes halogenated alkanes) is 1. The Labute approximate surface area is 202 Å². The molecule has 1 saturated carbocycles. The number of hydrogen-bond donors (Lipinski definition) is 1. The van der Waals surface area contributed by atoms with Gasteiger partial charge in [0.25, 0.3) is 5.91 Å². The number of benzene rings is 2. The third kappa shape index (κ3) is 4.70. The van der Waals surface area contributed by atoms with E-state index in [1.807, 2.05) is 67.3 Å². The Morgan fingerprint density at radius 3 is 2.35 bits per heavy atom. The minimum Gasteiger partial charge on any atom is -0.324 e. The van der Waals surface area contributed by atoms with Crippen molar-refractivity contribution in [1.29, 1.82) is 0 Å². The van der Waals surface area contributed by atoms with Gasteiger partial charge in [-0.15, -0.1) is 0 Å². The molecule has 34 heavy (non-hydrogen) atoms. The van der Waals surface area contributed by atoms with E-state index < -0.39 is 5.54 Å². The zero-order chi connectivity index (χ0) is 24.1. The fraction of sp³-hybridized carbons (Fsp3) is 0.414. The van der Waals surface area contributed by atoms with Gasteiger partial charge >= 0.3 is 0 Å². The van der Waals surface area contributed by atoms with E-state index in [2.05, 4.69) is 17.2 Å². The summed E-state index contributed by atoms with van der Waals surface area (Å²) in [6.07, 6.45) is 6.09. The molecule has 3 aromatic rings. The van der Waals surface area contributed by atoms with Crippen molar-refractivity contribution in [3.8, 4) is 0 Å². The first kappa shape index (κ1) is 23.9. The van der Waals surface area contributed by atoms with E-state index in [4.69, 9.17) is 0 Å². The Hall–Kier alpha value is -3.21. The number of anilines is 1. The third-order valence-corrected chi connectivity index (χ3v) is 7.14. The number of para-hydroxylation sites is 2. The van der Waals surface area contributed by atoms with Gasteiger partial charge in [-0.3, -0.25) is 9.59 Å². The van der Waals surface area contributed by atoms with Crippen LogP contribution in [0.5, 0.6) is 0 Å². The molecule has 1 aliphatic rings. The van der Waals surface area contributed by atoms with Crippen molar-refractivity contribution >= 4 is 28.4 Å². The summed E-state index contributed by atoms with van der Waals surface area (Å²) in [6.45, 7) is 6.68. The summed E-state index contributed by atoms with van der Waals surface area (Å²) in [5.74, 6) is -0.229. The summed E-state index contributed by atoms with van der Waals surface area (Å²) in [5, 5.41) is 4.23. The van der Waals surface area contributed by atoms with E-state index in [1.54, 1.807) is 6.07 Å². The molecule has 2 aromatic carbocycles. The minimum atomic E-state index is -0.869. The highest BCUT2D eigenvalue weighted by Gasteiger charge is 2.47. The first-order chi connectivity index (χ1) is 16.5. The van der Waals surface area contributed by atoms with Crippen molar-refractivity contribution in [2.24, 2.45) is 0 Å². The average Bonchev–Trinajstić information content (AvgIpc) is 2.86. The molecule has 1 aliphatic carbocycles. The first-order valence-electron chi connectivity index (χ1n) is 12.5. The summed E-state index contributed by atoms with van der Waals surface area (Å²) in [4.78, 5) is 34.5. The Morgan fingerprint density at radius 1 is 0.941 bits per heavy atom. The number of hydrogen-bond acceptors (Lipinski definition) is 3. The lowest BCUT2D eigenvalue weighted by Crippen LogP contribution is -2.60. The van der Waals surface area contributed by atoms with Crippen molar-refractivity contribution in [3.63, 3.8) is 0 Å². The lowest BCUT2D eigenvalue weighted by Gasteiger charge is -2.45. The predicted molar refractivity (Wildman–Crippen MR) is 138 cm³/mol. The number of nitrogens with zero attached hydrogens (tertiary/aromatic N) is 2. The van der Waals surface area contributed by atoms with Gasteiger partial charge in [0, 0.05) is 17.6 Å². The van der Waals surface area contributed by atoms with Crippen LogP contribution in [0.4, 0.5) is 5.69 Å². The van der Waals surface area contributed by atoms with Crippen LogP contribution >= 0.6 is 0 Å². The monoisotopic (exact) mass is 457 g/mol. The SMILES string of the molecule is CCCCN(C(=O)c1ccc2ccccc2n1)C1(C(=O)Nc2c(C)cccc2C)CCCCC1. The maximum Gasteiger partial charge on any atom is 0.273 e. The van der Waals surface area contributed by atoms with E-state index >= 15 is 0 Å². The van der Waals surface area contributed by atoms with Gasteiger partial charge in [-0.2, -0.15) is 0 Å². The highest BCUT2D eigenvalue weighted by molar-refractivity contribution is 6.04. The van der Waals surface area contributed by atoms with E-state index in [0.29, 0.717) is 25.1 Å². The summed E-state index contributed by atoms with van der Waals surface area (Å²) >= 11 is 0. The van der Waals surface area contributed by atoms with E-state index in [1.165, 1.54) is 0 Å². The molecule has 2 amide bonds. The number of carbonyl (C=O) groups excluding carboxylic acids is 2. The van der Waals surface area contributed by atoms with Gasteiger partial charge in [-0.05, 0) is 56.4 Å². The zero-order valence-corrected chi connectivity index (χ0v) is 20.6. The van der Waals surface area contributed by atoms with Crippen molar-refractivity contribution in [1.82, 2.24) is 9.88 Å². The predicted octanol–water partition coefficient (Wildman–Crippen LogP) is 6.44. The molecule has 4 rings (SSSR count). The van der Waals surface area contributed by atoms with Gasteiger partial charge in [0.1, 0.15) is 11.2 Å². The number of aromatic nitrogens is 1. The van der Waals surface area contributed by atoms with Crippen molar-refractivity contribution < 1.29 is 9.59 Å². The van der Waals surface area contributed by atoms with Crippen LogP contribution in [-0.4, -0.2) is 33.8 Å². The molecule has 0 saturated heterocycles. The van der Waals surface area contributed by atoms with Gasteiger partial charge in [0.15, 0.2) is 0 Å². The lowest BCUT2D eigenvalue weighted by atomic mass is 9.78. The summed E-state index contributed by atoms with van der Waals surface area (Å²) in [5.41, 5.74) is 3.24. The summed E-state index contributed by atoms with van der Waals surface area (Å²) < 4.78 is 0. The smallest absolute Gasteiger partial charge is 0.273 e. The van der Waals surface area contributed by atoms with E-state index in [-0.39, 0.29) is 11.8 Å². The Bertz CT molecular complexity index is 1160. The van der Waals surface area contributed by atoms with Crippen molar-refractivity contribution in [2.75, 3.05) is 11.9 Å². The number of amides is 2. The van der Waals surface area contributed by atoms with Gasteiger partial charge in [-0.25, -0.2) is 4.98 Å². The maximum atomic E-state index is 14.0. The van der Waals surface area contributed by atoms with Crippen LogP contribution in [0.1, 0.15) is 73.5 Å². The molecular weight excluding hydrogens is 422 g/mol. The fourth-order valence-corrected chi connectivity index (χ4v) is 5.15. The molecule has 1 aromatic heterocycles. The van der Waals surface area contributed by atoms with Crippen LogP contribution in [0, 0.1) is 13.8 Å². The number of carbonyl (C=O) groups is 2. The quantitative estimate of drug-likeness (QED) is 0.444. The second-order valence-corrected chi connectivity index (χ2v) is 9.51. The Balaban J connectivity index is 1.73. The largest absolute Gasteiger partial charge is 0.324 e. The van der Waals surface area contributed by atoms with Crippen LogP contribution in [0.3, 0.4) is 0 Å². The van der Waals surface area contributed by atoms with E-state index in [9.17, 15) is 9.59 Å². The number of nitrogens with one attached hydrogen (secondary N) is 1. The second kappa shape index (κ2) is 10.4. The highest BCUT2D eigenvalue weighted by atomic mass is 16.2. The number of rotatable bonds is 7. The first-order valence-corrected chi connectivity index (χ1v) is 12.5. The molecule has 178 valence electrons. The van der Waals surface area contributed by atoms with Gasteiger partial charge in [0.2, 0.25) is 5.91 Å². The standard InChI is InChI=1S/C29H35N3O2/c1-4-5-20-32(27(33)25-17-16-23-14-7-8-15-24(23)30-25)29(18-9-6-10-19-29)28(34)31-26-21(2)12-11-13-22(26)3/h7-8,11-17H,4-6,9-10,18-20H2,1-3H3,(H,31,34). The number of aryl methyl sites for hydroxylation is 2. The molecule has 0 atom stereocenters. The Morgan fingerprint density at radius 2 is 1.65 bits per heavy atom. The average molecular weight is 458 g/mol. The topological polar surface area (TPSA) is 62.3 Å². The molecule has 1 fully saturated rings. The van der Waals surface area contributed by atoms with Crippen LogP contribution in [0.2, 0.25) is 0 Å². The van der Waals surface area contributed by atoms with E-state index in [0.717, 1.165) is 59.8 Å². The van der Waals surface area contributed by atoms with Crippen LogP contribution in [0.15, 0.2) is 54.6 Å². The van der Waals surface area contributed by atoms with Crippen LogP contribution in [0.25, 0.3) is 10.9 Å². The molecule has 1 heterocycles. The molecule has 5 nitrogen and oxygen atoms in total. The minimum absolute atomic E-state index is 0.0742. The normalized spacial score (nSPS) is 15.1. The summed E-state index contributed by atoms with van der Waals surface area (Å²) in [7, 11) is 0. The lowest BCUT2D eigenvalue weighted by molar-refractivity contribution is -0.129. The number of pyridine rings is 1. The van der Waals surface area contributed by atoms with Gasteiger partial charge < -0.3 is 10.2 Å². The molecular formula is C29H35N3O2. The van der Waals surface area contributed by atoms with Crippen LogP contribution in [-0.2, 0) is 4.79 Å².